The first-order valence-electron chi connectivity index (χ1n) is 7.33. The van der Waals surface area contributed by atoms with Crippen molar-refractivity contribution in [1.29, 1.82) is 0 Å². The first kappa shape index (κ1) is 17.6. The van der Waals surface area contributed by atoms with Crippen molar-refractivity contribution in [3.05, 3.63) is 29.8 Å². The van der Waals surface area contributed by atoms with E-state index in [1.165, 1.54) is 24.3 Å². The van der Waals surface area contributed by atoms with Gasteiger partial charge >= 0.3 is 6.36 Å². The second-order valence-electron chi connectivity index (χ2n) is 5.48. The Kier molecular flexibility index (Phi) is 5.84. The van der Waals surface area contributed by atoms with E-state index in [0.29, 0.717) is 26.1 Å². The van der Waals surface area contributed by atoms with E-state index in [4.69, 9.17) is 0 Å². The molecule has 0 aliphatic carbocycles. The fourth-order valence-corrected chi connectivity index (χ4v) is 2.38. The molecular weight excluding hydrogens is 313 g/mol. The van der Waals surface area contributed by atoms with Gasteiger partial charge in [0.1, 0.15) is 5.75 Å². The van der Waals surface area contributed by atoms with Crippen molar-refractivity contribution in [3.8, 4) is 5.75 Å². The maximum atomic E-state index is 12.0. The van der Waals surface area contributed by atoms with Crippen LogP contribution in [0.2, 0.25) is 0 Å². The minimum Gasteiger partial charge on any atom is -0.406 e. The highest BCUT2D eigenvalue weighted by atomic mass is 19.4. The number of nitrogens with one attached hydrogen (secondary N) is 2. The summed E-state index contributed by atoms with van der Waals surface area (Å²) in [7, 11) is 0. The minimum atomic E-state index is -4.71. The average molecular weight is 332 g/mol. The maximum Gasteiger partial charge on any atom is 0.573 e. The Bertz CT molecular complexity index is 520. The van der Waals surface area contributed by atoms with Gasteiger partial charge in [0.2, 0.25) is 5.91 Å². The summed E-state index contributed by atoms with van der Waals surface area (Å²) < 4.78 is 39.9. The van der Waals surface area contributed by atoms with E-state index in [1.54, 1.807) is 0 Å². The van der Waals surface area contributed by atoms with Gasteiger partial charge in [0, 0.05) is 32.0 Å². The molecule has 1 fully saturated rings. The second kappa shape index (κ2) is 7.65. The number of halogens is 3. The largest absolute Gasteiger partial charge is 0.573 e. The van der Waals surface area contributed by atoms with Gasteiger partial charge in [0.25, 0.3) is 0 Å². The van der Waals surface area contributed by atoms with Crippen molar-refractivity contribution in [2.24, 2.45) is 5.92 Å². The van der Waals surface area contributed by atoms with Crippen molar-refractivity contribution in [3.63, 3.8) is 0 Å². The summed E-state index contributed by atoms with van der Waals surface area (Å²) >= 11 is 0. The monoisotopic (exact) mass is 332 g/mol. The van der Waals surface area contributed by atoms with Crippen LogP contribution in [0.1, 0.15) is 12.0 Å². The minimum absolute atomic E-state index is 0.0118. The van der Waals surface area contributed by atoms with Crippen LogP contribution >= 0.6 is 0 Å². The summed E-state index contributed by atoms with van der Waals surface area (Å²) in [6.45, 7) is 1.61. The summed E-state index contributed by atoms with van der Waals surface area (Å²) in [5, 5.41) is 15.4. The van der Waals surface area contributed by atoms with Crippen molar-refractivity contribution >= 4 is 5.91 Å². The van der Waals surface area contributed by atoms with Crippen LogP contribution < -0.4 is 15.4 Å². The number of rotatable bonds is 6. The van der Waals surface area contributed by atoms with E-state index in [1.807, 2.05) is 0 Å². The molecule has 2 unspecified atom stereocenters. The number of carbonyl (C=O) groups is 1. The molecule has 1 aromatic carbocycles. The number of benzene rings is 1. The number of amides is 1. The van der Waals surface area contributed by atoms with E-state index in [0.717, 1.165) is 5.56 Å². The molecular formula is C15H19F3N2O3. The molecule has 0 aromatic heterocycles. The van der Waals surface area contributed by atoms with E-state index >= 15 is 0 Å². The molecule has 1 aliphatic rings. The number of ether oxygens (including phenoxy) is 1. The summed E-state index contributed by atoms with van der Waals surface area (Å²) in [6.07, 6.45) is -4.50. The highest BCUT2D eigenvalue weighted by molar-refractivity contribution is 5.76. The highest BCUT2D eigenvalue weighted by Crippen LogP contribution is 2.23. The molecule has 1 aliphatic heterocycles. The van der Waals surface area contributed by atoms with Crippen LogP contribution in [0.25, 0.3) is 0 Å². The number of hydrogen-bond acceptors (Lipinski definition) is 4. The van der Waals surface area contributed by atoms with E-state index in [9.17, 15) is 23.1 Å². The molecule has 128 valence electrons. The van der Waals surface area contributed by atoms with Crippen LogP contribution in [-0.2, 0) is 11.2 Å². The Balaban J connectivity index is 1.71. The number of aryl methyl sites for hydroxylation is 1. The van der Waals surface area contributed by atoms with Gasteiger partial charge < -0.3 is 20.5 Å². The first-order valence-corrected chi connectivity index (χ1v) is 7.33. The molecule has 1 aromatic rings. The lowest BCUT2D eigenvalue weighted by atomic mass is 10.1. The molecule has 1 amide bonds. The SMILES string of the molecule is O=C(CCc1ccc(OC(F)(F)F)cc1)NCC1CNCC1O. The van der Waals surface area contributed by atoms with Crippen molar-refractivity contribution in [1.82, 2.24) is 10.6 Å². The van der Waals surface area contributed by atoms with E-state index in [-0.39, 0.29) is 24.0 Å². The van der Waals surface area contributed by atoms with Gasteiger partial charge in [-0.1, -0.05) is 12.1 Å². The lowest BCUT2D eigenvalue weighted by molar-refractivity contribution is -0.274. The summed E-state index contributed by atoms with van der Waals surface area (Å²) in [6, 6.07) is 5.45. The smallest absolute Gasteiger partial charge is 0.406 e. The quantitative estimate of drug-likeness (QED) is 0.732. The third kappa shape index (κ3) is 6.07. The fourth-order valence-electron chi connectivity index (χ4n) is 2.38. The van der Waals surface area contributed by atoms with Gasteiger partial charge in [-0.2, -0.15) is 0 Å². The molecule has 3 N–H and O–H groups in total. The number of hydrogen-bond donors (Lipinski definition) is 3. The number of β-amino-alcohol motifs (C(OH)–C–C–N with tert-alkyl or cyclic N) is 1. The Morgan fingerprint density at radius 1 is 1.30 bits per heavy atom. The van der Waals surface area contributed by atoms with Gasteiger partial charge in [-0.3, -0.25) is 4.79 Å². The van der Waals surface area contributed by atoms with Gasteiger partial charge in [-0.25, -0.2) is 0 Å². The van der Waals surface area contributed by atoms with Crippen LogP contribution in [0.15, 0.2) is 24.3 Å². The molecule has 0 saturated carbocycles. The van der Waals surface area contributed by atoms with Crippen LogP contribution in [-0.4, -0.2) is 43.1 Å². The number of alkyl halides is 3. The van der Waals surface area contributed by atoms with Crippen molar-refractivity contribution in [2.45, 2.75) is 25.3 Å². The zero-order valence-electron chi connectivity index (χ0n) is 12.4. The van der Waals surface area contributed by atoms with Crippen LogP contribution in [0.4, 0.5) is 13.2 Å². The predicted octanol–water partition coefficient (Wildman–Crippen LogP) is 1.21. The number of aliphatic hydroxyl groups is 1. The molecule has 23 heavy (non-hydrogen) atoms. The topological polar surface area (TPSA) is 70.6 Å². The molecule has 0 radical (unpaired) electrons. The molecule has 1 saturated heterocycles. The Morgan fingerprint density at radius 2 is 2.00 bits per heavy atom. The normalized spacial score (nSPS) is 21.2. The molecule has 0 bridgehead atoms. The lowest BCUT2D eigenvalue weighted by Crippen LogP contribution is -2.34. The molecule has 1 heterocycles. The molecule has 2 atom stereocenters. The lowest BCUT2D eigenvalue weighted by Gasteiger charge is -2.14. The maximum absolute atomic E-state index is 12.0. The van der Waals surface area contributed by atoms with E-state index in [2.05, 4.69) is 15.4 Å². The molecule has 8 heteroatoms. The summed E-state index contributed by atoms with van der Waals surface area (Å²) in [4.78, 5) is 11.7. The van der Waals surface area contributed by atoms with Gasteiger partial charge in [0.15, 0.2) is 0 Å². The predicted molar refractivity (Wildman–Crippen MR) is 76.8 cm³/mol. The van der Waals surface area contributed by atoms with Gasteiger partial charge in [-0.05, 0) is 24.1 Å². The zero-order chi connectivity index (χ0) is 16.9. The second-order valence-corrected chi connectivity index (χ2v) is 5.48. The number of aliphatic hydroxyl groups excluding tert-OH is 1. The van der Waals surface area contributed by atoms with Crippen molar-refractivity contribution in [2.75, 3.05) is 19.6 Å². The standard InChI is InChI=1S/C15H19F3N2O3/c16-15(17,18)23-12-4-1-10(2-5-12)3-6-14(22)20-8-11-7-19-9-13(11)21/h1-2,4-5,11,13,19,21H,3,6-9H2,(H,20,22). The fraction of sp³-hybridized carbons (Fsp3) is 0.533. The van der Waals surface area contributed by atoms with Gasteiger partial charge in [0.05, 0.1) is 6.10 Å². The summed E-state index contributed by atoms with van der Waals surface area (Å²) in [5.74, 6) is -0.425. The van der Waals surface area contributed by atoms with Crippen molar-refractivity contribution < 1.29 is 27.8 Å². The molecule has 5 nitrogen and oxygen atoms in total. The highest BCUT2D eigenvalue weighted by Gasteiger charge is 2.31. The third-order valence-corrected chi connectivity index (χ3v) is 3.66. The average Bonchev–Trinajstić information content (AvgIpc) is 2.88. The third-order valence-electron chi connectivity index (χ3n) is 3.66. The van der Waals surface area contributed by atoms with Crippen LogP contribution in [0, 0.1) is 5.92 Å². The first-order chi connectivity index (χ1) is 10.8. The molecule has 2 rings (SSSR count). The summed E-state index contributed by atoms with van der Waals surface area (Å²) in [5.41, 5.74) is 0.747. The van der Waals surface area contributed by atoms with Crippen LogP contribution in [0.3, 0.4) is 0 Å². The van der Waals surface area contributed by atoms with Gasteiger partial charge in [-0.15, -0.1) is 13.2 Å². The Labute approximate surface area is 131 Å². The molecule has 0 spiro atoms. The number of carbonyl (C=O) groups excluding carboxylic acids is 1. The van der Waals surface area contributed by atoms with Crippen LogP contribution in [0.5, 0.6) is 5.75 Å². The zero-order valence-corrected chi connectivity index (χ0v) is 12.4. The Hall–Kier alpha value is -1.80. The Morgan fingerprint density at radius 3 is 2.57 bits per heavy atom. The van der Waals surface area contributed by atoms with E-state index < -0.39 is 12.5 Å².